The fraction of sp³-hybridized carbons (Fsp3) is 0.917. The molecule has 0 aromatic carbocycles. The first-order valence-electron chi connectivity index (χ1n) is 6.28. The number of aliphatic hydroxyl groups excluding tert-OH is 1. The minimum absolute atomic E-state index is 0.00141. The molecule has 0 spiro atoms. The van der Waals surface area contributed by atoms with Crippen molar-refractivity contribution in [2.45, 2.75) is 37.5 Å². The number of nitrogens with two attached hydrogens (primary N) is 1. The van der Waals surface area contributed by atoms with Crippen LogP contribution in [0.4, 0.5) is 0 Å². The first-order chi connectivity index (χ1) is 8.13. The molecular weight excluding hydrogens is 236 g/mol. The highest BCUT2D eigenvalue weighted by Crippen LogP contribution is 2.31. The van der Waals surface area contributed by atoms with Gasteiger partial charge in [-0.15, -0.1) is 0 Å². The van der Waals surface area contributed by atoms with Crippen LogP contribution in [0, 0.1) is 11.8 Å². The van der Waals surface area contributed by atoms with Gasteiger partial charge in [0.05, 0.1) is 6.61 Å². The SMILES string of the molecule is CSC(CO)C(C)NC(=O)C1CCCC1CN. The van der Waals surface area contributed by atoms with Crippen molar-refractivity contribution in [1.29, 1.82) is 0 Å². The molecule has 0 heterocycles. The highest BCUT2D eigenvalue weighted by Gasteiger charge is 2.33. The Labute approximate surface area is 108 Å². The minimum atomic E-state index is 0.00141. The minimum Gasteiger partial charge on any atom is -0.395 e. The number of hydrogen-bond acceptors (Lipinski definition) is 4. The highest BCUT2D eigenvalue weighted by atomic mass is 32.2. The second-order valence-electron chi connectivity index (χ2n) is 4.79. The fourth-order valence-electron chi connectivity index (χ4n) is 2.53. The summed E-state index contributed by atoms with van der Waals surface area (Å²) < 4.78 is 0. The summed E-state index contributed by atoms with van der Waals surface area (Å²) in [5.41, 5.74) is 5.68. The van der Waals surface area contributed by atoms with Crippen LogP contribution in [0.5, 0.6) is 0 Å². The summed E-state index contributed by atoms with van der Waals surface area (Å²) in [4.78, 5) is 12.1. The maximum atomic E-state index is 12.1. The van der Waals surface area contributed by atoms with E-state index >= 15 is 0 Å². The van der Waals surface area contributed by atoms with Crippen molar-refractivity contribution in [3.05, 3.63) is 0 Å². The molecule has 5 heteroatoms. The normalized spacial score (nSPS) is 27.8. The van der Waals surface area contributed by atoms with E-state index < -0.39 is 0 Å². The highest BCUT2D eigenvalue weighted by molar-refractivity contribution is 7.99. The topological polar surface area (TPSA) is 75.3 Å². The quantitative estimate of drug-likeness (QED) is 0.653. The van der Waals surface area contributed by atoms with Crippen LogP contribution in [0.15, 0.2) is 0 Å². The lowest BCUT2D eigenvalue weighted by Gasteiger charge is -2.25. The van der Waals surface area contributed by atoms with Crippen LogP contribution in [-0.4, -0.2) is 41.7 Å². The zero-order valence-corrected chi connectivity index (χ0v) is 11.5. The van der Waals surface area contributed by atoms with Crippen molar-refractivity contribution < 1.29 is 9.90 Å². The molecule has 0 aromatic heterocycles. The zero-order valence-electron chi connectivity index (χ0n) is 10.7. The van der Waals surface area contributed by atoms with Crippen LogP contribution in [0.2, 0.25) is 0 Å². The lowest BCUT2D eigenvalue weighted by atomic mass is 9.95. The molecule has 4 atom stereocenters. The molecular formula is C12H24N2O2S. The summed E-state index contributed by atoms with van der Waals surface area (Å²) in [5, 5.41) is 12.3. The third kappa shape index (κ3) is 3.86. The first-order valence-corrected chi connectivity index (χ1v) is 7.56. The molecule has 4 N–H and O–H groups in total. The first kappa shape index (κ1) is 14.8. The molecule has 1 fully saturated rings. The van der Waals surface area contributed by atoms with Gasteiger partial charge in [0, 0.05) is 17.2 Å². The number of hydrogen-bond donors (Lipinski definition) is 3. The van der Waals surface area contributed by atoms with Crippen molar-refractivity contribution in [2.75, 3.05) is 19.4 Å². The van der Waals surface area contributed by atoms with Crippen LogP contribution in [0.1, 0.15) is 26.2 Å². The largest absolute Gasteiger partial charge is 0.395 e. The van der Waals surface area contributed by atoms with Gasteiger partial charge in [0.2, 0.25) is 5.91 Å². The van der Waals surface area contributed by atoms with E-state index in [2.05, 4.69) is 5.32 Å². The molecule has 0 aromatic rings. The van der Waals surface area contributed by atoms with E-state index in [0.717, 1.165) is 19.3 Å². The Morgan fingerprint density at radius 3 is 2.82 bits per heavy atom. The van der Waals surface area contributed by atoms with Gasteiger partial charge in [-0.25, -0.2) is 0 Å². The Kier molecular flexibility index (Phi) is 6.30. The van der Waals surface area contributed by atoms with E-state index in [0.29, 0.717) is 12.5 Å². The molecule has 0 bridgehead atoms. The number of carbonyl (C=O) groups is 1. The number of rotatable bonds is 6. The molecule has 0 radical (unpaired) electrons. The summed E-state index contributed by atoms with van der Waals surface area (Å²) in [6.45, 7) is 2.63. The van der Waals surface area contributed by atoms with Crippen molar-refractivity contribution in [3.8, 4) is 0 Å². The van der Waals surface area contributed by atoms with Gasteiger partial charge >= 0.3 is 0 Å². The van der Waals surface area contributed by atoms with E-state index in [4.69, 9.17) is 5.73 Å². The van der Waals surface area contributed by atoms with Crippen molar-refractivity contribution >= 4 is 17.7 Å². The molecule has 1 aliphatic rings. The summed E-state index contributed by atoms with van der Waals surface area (Å²) in [6, 6.07) is 0.00141. The average molecular weight is 260 g/mol. The summed E-state index contributed by atoms with van der Waals surface area (Å²) in [6.07, 6.45) is 5.06. The second-order valence-corrected chi connectivity index (χ2v) is 5.86. The van der Waals surface area contributed by atoms with Crippen LogP contribution >= 0.6 is 11.8 Å². The number of thioether (sulfide) groups is 1. The Morgan fingerprint density at radius 1 is 1.59 bits per heavy atom. The van der Waals surface area contributed by atoms with Gasteiger partial charge in [-0.1, -0.05) is 6.42 Å². The van der Waals surface area contributed by atoms with Crippen LogP contribution in [0.3, 0.4) is 0 Å². The van der Waals surface area contributed by atoms with Gasteiger partial charge in [-0.3, -0.25) is 4.79 Å². The van der Waals surface area contributed by atoms with Crippen LogP contribution < -0.4 is 11.1 Å². The van der Waals surface area contributed by atoms with E-state index in [-0.39, 0.29) is 29.7 Å². The molecule has 4 unspecified atom stereocenters. The molecule has 1 aliphatic carbocycles. The van der Waals surface area contributed by atoms with Gasteiger partial charge in [0.1, 0.15) is 0 Å². The van der Waals surface area contributed by atoms with Gasteiger partial charge < -0.3 is 16.2 Å². The zero-order chi connectivity index (χ0) is 12.8. The molecule has 4 nitrogen and oxygen atoms in total. The standard InChI is InChI=1S/C12H24N2O2S/c1-8(11(7-15)17-2)14-12(16)10-5-3-4-9(10)6-13/h8-11,15H,3-7,13H2,1-2H3,(H,14,16). The van der Waals surface area contributed by atoms with Crippen molar-refractivity contribution in [1.82, 2.24) is 5.32 Å². The molecule has 100 valence electrons. The molecule has 1 amide bonds. The van der Waals surface area contributed by atoms with Gasteiger partial charge in [-0.05, 0) is 38.5 Å². The Hall–Kier alpha value is -0.260. The van der Waals surface area contributed by atoms with E-state index in [1.807, 2.05) is 13.2 Å². The maximum absolute atomic E-state index is 12.1. The number of amides is 1. The van der Waals surface area contributed by atoms with Gasteiger partial charge in [0.15, 0.2) is 0 Å². The lowest BCUT2D eigenvalue weighted by molar-refractivity contribution is -0.126. The van der Waals surface area contributed by atoms with E-state index in [1.54, 1.807) is 11.8 Å². The predicted octanol–water partition coefficient (Wildman–Crippen LogP) is 0.590. The number of carbonyl (C=O) groups excluding carboxylic acids is 1. The molecule has 0 aliphatic heterocycles. The molecule has 1 rings (SSSR count). The van der Waals surface area contributed by atoms with Crippen molar-refractivity contribution in [2.24, 2.45) is 17.6 Å². The molecule has 1 saturated carbocycles. The predicted molar refractivity (Wildman–Crippen MR) is 71.9 cm³/mol. The average Bonchev–Trinajstić information content (AvgIpc) is 2.78. The third-order valence-electron chi connectivity index (χ3n) is 3.71. The van der Waals surface area contributed by atoms with E-state index in [1.165, 1.54) is 0 Å². The fourth-order valence-corrected chi connectivity index (χ4v) is 3.15. The number of aliphatic hydroxyl groups is 1. The third-order valence-corrected chi connectivity index (χ3v) is 4.87. The lowest BCUT2D eigenvalue weighted by Crippen LogP contribution is -2.45. The summed E-state index contributed by atoms with van der Waals surface area (Å²) in [5.74, 6) is 0.519. The Morgan fingerprint density at radius 2 is 2.29 bits per heavy atom. The summed E-state index contributed by atoms with van der Waals surface area (Å²) in [7, 11) is 0. The van der Waals surface area contributed by atoms with Crippen LogP contribution in [0.25, 0.3) is 0 Å². The van der Waals surface area contributed by atoms with Gasteiger partial charge in [-0.2, -0.15) is 11.8 Å². The number of nitrogens with one attached hydrogen (secondary N) is 1. The smallest absolute Gasteiger partial charge is 0.223 e. The molecule has 0 saturated heterocycles. The molecule has 17 heavy (non-hydrogen) atoms. The maximum Gasteiger partial charge on any atom is 0.223 e. The summed E-state index contributed by atoms with van der Waals surface area (Å²) >= 11 is 1.58. The van der Waals surface area contributed by atoms with Gasteiger partial charge in [0.25, 0.3) is 0 Å². The second kappa shape index (κ2) is 7.24. The van der Waals surface area contributed by atoms with Crippen molar-refractivity contribution in [3.63, 3.8) is 0 Å². The van der Waals surface area contributed by atoms with E-state index in [9.17, 15) is 9.90 Å². The Bertz CT molecular complexity index is 247. The monoisotopic (exact) mass is 260 g/mol. The van der Waals surface area contributed by atoms with Crippen LogP contribution in [-0.2, 0) is 4.79 Å². The Balaban J connectivity index is 2.48.